The van der Waals surface area contributed by atoms with Gasteiger partial charge in [0.25, 0.3) is 0 Å². The minimum Gasteiger partial charge on any atom is -0.325 e. The van der Waals surface area contributed by atoms with Gasteiger partial charge < -0.3 is 5.32 Å². The molecule has 0 atom stereocenters. The quantitative estimate of drug-likeness (QED) is 0.444. The van der Waals surface area contributed by atoms with Gasteiger partial charge >= 0.3 is 0 Å². The molecule has 1 amide bonds. The van der Waals surface area contributed by atoms with E-state index in [-0.39, 0.29) is 18.1 Å². The smallest absolute Gasteiger partial charge is 0.224 e. The Bertz CT molecular complexity index is 1080. The van der Waals surface area contributed by atoms with Crippen molar-refractivity contribution < 1.29 is 9.59 Å². The number of halogens is 2. The van der Waals surface area contributed by atoms with Crippen molar-refractivity contribution in [3.8, 4) is 11.1 Å². The summed E-state index contributed by atoms with van der Waals surface area (Å²) in [4.78, 5) is 24.6. The number of carbonyl (C=O) groups is 2. The third-order valence-corrected chi connectivity index (χ3v) is 5.49. The summed E-state index contributed by atoms with van der Waals surface area (Å²) in [6, 6.07) is 18.9. The number of benzene rings is 3. The fraction of sp³-hybridized carbons (Fsp3) is 0.167. The summed E-state index contributed by atoms with van der Waals surface area (Å²) in [6.45, 7) is 3.53. The molecule has 0 unspecified atom stereocenters. The molecular weight excluding hydrogens is 405 g/mol. The van der Waals surface area contributed by atoms with Crippen molar-refractivity contribution in [3.63, 3.8) is 0 Å². The highest BCUT2D eigenvalue weighted by Gasteiger charge is 2.13. The Balaban J connectivity index is 1.76. The first-order valence-corrected chi connectivity index (χ1v) is 10.1. The Morgan fingerprint density at radius 1 is 0.931 bits per heavy atom. The number of hydrogen-bond acceptors (Lipinski definition) is 2. The van der Waals surface area contributed by atoms with Crippen LogP contribution in [0.3, 0.4) is 0 Å². The summed E-state index contributed by atoms with van der Waals surface area (Å²) in [6.07, 6.45) is 0.800. The summed E-state index contributed by atoms with van der Waals surface area (Å²) < 4.78 is 0. The van der Waals surface area contributed by atoms with E-state index in [1.807, 2.05) is 49.4 Å². The van der Waals surface area contributed by atoms with Gasteiger partial charge in [0.15, 0.2) is 5.78 Å². The Hall–Kier alpha value is -2.62. The molecule has 29 heavy (non-hydrogen) atoms. The van der Waals surface area contributed by atoms with Crippen molar-refractivity contribution in [2.75, 3.05) is 5.32 Å². The van der Waals surface area contributed by atoms with E-state index in [9.17, 15) is 9.59 Å². The molecule has 3 aromatic rings. The maximum Gasteiger partial charge on any atom is 0.224 e. The highest BCUT2D eigenvalue weighted by molar-refractivity contribution is 6.42. The molecule has 0 saturated heterocycles. The van der Waals surface area contributed by atoms with Gasteiger partial charge in [-0.2, -0.15) is 0 Å². The van der Waals surface area contributed by atoms with Crippen LogP contribution in [0, 0.1) is 6.92 Å². The molecule has 0 heterocycles. The summed E-state index contributed by atoms with van der Waals surface area (Å²) >= 11 is 11.9. The van der Waals surface area contributed by atoms with E-state index in [0.717, 1.165) is 22.3 Å². The third kappa shape index (κ3) is 5.26. The number of anilines is 1. The van der Waals surface area contributed by atoms with Gasteiger partial charge in [-0.05, 0) is 66.8 Å². The second-order valence-corrected chi connectivity index (χ2v) is 7.74. The normalized spacial score (nSPS) is 10.6. The van der Waals surface area contributed by atoms with Crippen molar-refractivity contribution in [2.24, 2.45) is 0 Å². The Labute approximate surface area is 180 Å². The highest BCUT2D eigenvalue weighted by Crippen LogP contribution is 2.28. The van der Waals surface area contributed by atoms with Crippen LogP contribution < -0.4 is 5.32 Å². The van der Waals surface area contributed by atoms with Gasteiger partial charge in [-0.1, -0.05) is 59.6 Å². The SMILES string of the molecule is CC(=O)c1cc(-c2ccccc2C)ccc1NC(=O)CCc1ccc(Cl)c(Cl)c1. The molecule has 0 aliphatic rings. The average molecular weight is 426 g/mol. The lowest BCUT2D eigenvalue weighted by Crippen LogP contribution is -2.14. The van der Waals surface area contributed by atoms with E-state index in [1.54, 1.807) is 18.2 Å². The minimum atomic E-state index is -0.165. The van der Waals surface area contributed by atoms with Crippen LogP contribution >= 0.6 is 23.2 Å². The van der Waals surface area contributed by atoms with E-state index in [0.29, 0.717) is 27.7 Å². The Kier molecular flexibility index (Phi) is 6.73. The van der Waals surface area contributed by atoms with Crippen LogP contribution in [0.4, 0.5) is 5.69 Å². The summed E-state index contributed by atoms with van der Waals surface area (Å²) in [5.74, 6) is -0.262. The number of nitrogens with one attached hydrogen (secondary N) is 1. The maximum absolute atomic E-state index is 12.4. The lowest BCUT2D eigenvalue weighted by Gasteiger charge is -2.13. The van der Waals surface area contributed by atoms with Crippen LogP contribution in [0.15, 0.2) is 60.7 Å². The zero-order valence-electron chi connectivity index (χ0n) is 16.3. The average Bonchev–Trinajstić information content (AvgIpc) is 2.69. The molecule has 3 aromatic carbocycles. The van der Waals surface area contributed by atoms with Crippen molar-refractivity contribution in [2.45, 2.75) is 26.7 Å². The lowest BCUT2D eigenvalue weighted by atomic mass is 9.97. The summed E-state index contributed by atoms with van der Waals surface area (Å²) in [7, 11) is 0. The monoisotopic (exact) mass is 425 g/mol. The van der Waals surface area contributed by atoms with Crippen molar-refractivity contribution in [1.82, 2.24) is 0 Å². The molecule has 0 fully saturated rings. The number of carbonyl (C=O) groups excluding carboxylic acids is 2. The van der Waals surface area contributed by atoms with Crippen molar-refractivity contribution >= 4 is 40.6 Å². The Morgan fingerprint density at radius 3 is 2.38 bits per heavy atom. The molecule has 3 nitrogen and oxygen atoms in total. The molecule has 1 N–H and O–H groups in total. The lowest BCUT2D eigenvalue weighted by molar-refractivity contribution is -0.116. The predicted octanol–water partition coefficient (Wildman–Crippen LogP) is 6.74. The number of amides is 1. The molecule has 5 heteroatoms. The van der Waals surface area contributed by atoms with E-state index >= 15 is 0 Å². The van der Waals surface area contributed by atoms with Gasteiger partial charge in [-0.3, -0.25) is 9.59 Å². The molecule has 0 radical (unpaired) electrons. The molecular formula is C24H21Cl2NO2. The number of hydrogen-bond donors (Lipinski definition) is 1. The van der Waals surface area contributed by atoms with Crippen molar-refractivity contribution in [3.05, 3.63) is 87.4 Å². The van der Waals surface area contributed by atoms with E-state index in [4.69, 9.17) is 23.2 Å². The minimum absolute atomic E-state index is 0.0970. The number of ketones is 1. The summed E-state index contributed by atoms with van der Waals surface area (Å²) in [5, 5.41) is 3.82. The van der Waals surface area contributed by atoms with Crippen LogP contribution in [0.25, 0.3) is 11.1 Å². The van der Waals surface area contributed by atoms with Crippen LogP contribution in [0.1, 0.15) is 34.8 Å². The van der Waals surface area contributed by atoms with Crippen LogP contribution in [0.5, 0.6) is 0 Å². The second-order valence-electron chi connectivity index (χ2n) is 6.93. The van der Waals surface area contributed by atoms with Crippen LogP contribution in [0.2, 0.25) is 10.0 Å². The third-order valence-electron chi connectivity index (χ3n) is 4.75. The van der Waals surface area contributed by atoms with Crippen molar-refractivity contribution in [1.29, 1.82) is 0 Å². The van der Waals surface area contributed by atoms with Gasteiger partial charge in [-0.15, -0.1) is 0 Å². The first-order valence-electron chi connectivity index (χ1n) is 9.30. The molecule has 148 valence electrons. The molecule has 0 aliphatic carbocycles. The van der Waals surface area contributed by atoms with Crippen LogP contribution in [-0.2, 0) is 11.2 Å². The zero-order valence-corrected chi connectivity index (χ0v) is 17.8. The fourth-order valence-corrected chi connectivity index (χ4v) is 3.50. The standard InChI is InChI=1S/C24H21Cl2NO2/c1-15-5-3-4-6-19(15)18-9-11-23(20(14-18)16(2)28)27-24(29)12-8-17-7-10-21(25)22(26)13-17/h3-7,9-11,13-14H,8,12H2,1-2H3,(H,27,29). The first kappa shape index (κ1) is 21.1. The molecule has 3 rings (SSSR count). The van der Waals surface area contributed by atoms with Gasteiger partial charge in [-0.25, -0.2) is 0 Å². The zero-order chi connectivity index (χ0) is 21.0. The molecule has 0 spiro atoms. The van der Waals surface area contributed by atoms with E-state index in [1.165, 1.54) is 6.92 Å². The summed E-state index contributed by atoms with van der Waals surface area (Å²) in [5.41, 5.74) is 5.08. The van der Waals surface area contributed by atoms with Gasteiger partial charge in [0.1, 0.15) is 0 Å². The topological polar surface area (TPSA) is 46.2 Å². The second kappa shape index (κ2) is 9.25. The van der Waals surface area contributed by atoms with E-state index in [2.05, 4.69) is 5.32 Å². The maximum atomic E-state index is 12.4. The van der Waals surface area contributed by atoms with E-state index < -0.39 is 0 Å². The molecule has 0 saturated carbocycles. The predicted molar refractivity (Wildman–Crippen MR) is 120 cm³/mol. The molecule has 0 aromatic heterocycles. The largest absolute Gasteiger partial charge is 0.325 e. The fourth-order valence-electron chi connectivity index (χ4n) is 3.17. The first-order chi connectivity index (χ1) is 13.8. The van der Waals surface area contributed by atoms with Gasteiger partial charge in [0.2, 0.25) is 5.91 Å². The number of aryl methyl sites for hydroxylation is 2. The van der Waals surface area contributed by atoms with Gasteiger partial charge in [0, 0.05) is 12.0 Å². The number of Topliss-reactive ketones (excluding diaryl/α,β-unsaturated/α-hetero) is 1. The van der Waals surface area contributed by atoms with Gasteiger partial charge in [0.05, 0.1) is 15.7 Å². The highest BCUT2D eigenvalue weighted by atomic mass is 35.5. The molecule has 0 aliphatic heterocycles. The van der Waals surface area contributed by atoms with Crippen LogP contribution in [-0.4, -0.2) is 11.7 Å². The molecule has 0 bridgehead atoms. The Morgan fingerprint density at radius 2 is 1.69 bits per heavy atom. The number of rotatable bonds is 6.